The van der Waals surface area contributed by atoms with Crippen LogP contribution in [0.5, 0.6) is 5.75 Å². The lowest BCUT2D eigenvalue weighted by Crippen LogP contribution is -2.42. The largest absolute Gasteiger partial charge is 0.494 e. The van der Waals surface area contributed by atoms with E-state index in [4.69, 9.17) is 10.5 Å². The van der Waals surface area contributed by atoms with Crippen LogP contribution >= 0.6 is 0 Å². The van der Waals surface area contributed by atoms with Gasteiger partial charge >= 0.3 is 0 Å². The number of benzene rings is 1. The fourth-order valence-corrected chi connectivity index (χ4v) is 3.94. The average molecular weight is 426 g/mol. The second-order valence-electron chi connectivity index (χ2n) is 7.84. The zero-order valence-corrected chi connectivity index (χ0v) is 19.5. The maximum absolute atomic E-state index is 12.6. The third-order valence-corrected chi connectivity index (χ3v) is 6.01. The zero-order valence-electron chi connectivity index (χ0n) is 18.7. The molecule has 1 heterocycles. The molecule has 0 bridgehead atoms. The van der Waals surface area contributed by atoms with E-state index in [0.29, 0.717) is 32.0 Å². The molecular weight excluding hydrogens is 386 g/mol. The van der Waals surface area contributed by atoms with Gasteiger partial charge in [-0.25, -0.2) is 0 Å². The summed E-state index contributed by atoms with van der Waals surface area (Å²) < 4.78 is 17.5. The van der Waals surface area contributed by atoms with Crippen molar-refractivity contribution in [2.24, 2.45) is 11.7 Å². The molecule has 1 amide bonds. The van der Waals surface area contributed by atoms with Gasteiger partial charge in [-0.2, -0.15) is 0 Å². The third kappa shape index (κ3) is 9.17. The summed E-state index contributed by atoms with van der Waals surface area (Å²) in [4.78, 5) is 16.7. The third-order valence-electron chi connectivity index (χ3n) is 4.38. The number of nitrogens with two attached hydrogens (primary N) is 1. The molecule has 1 aromatic rings. The van der Waals surface area contributed by atoms with Crippen molar-refractivity contribution < 1.29 is 13.7 Å². The van der Waals surface area contributed by atoms with Crippen LogP contribution in [0, 0.1) is 5.92 Å². The van der Waals surface area contributed by atoms with Crippen LogP contribution in [0.1, 0.15) is 41.0 Å². The molecule has 0 saturated carbocycles. The van der Waals surface area contributed by atoms with Crippen molar-refractivity contribution in [3.8, 4) is 5.75 Å². The summed E-state index contributed by atoms with van der Waals surface area (Å²) >= 11 is 0. The monoisotopic (exact) mass is 425 g/mol. The number of hydrogen-bond donors (Lipinski definition) is 1. The van der Waals surface area contributed by atoms with Gasteiger partial charge in [-0.1, -0.05) is 20.8 Å². The van der Waals surface area contributed by atoms with Crippen LogP contribution in [-0.4, -0.2) is 65.3 Å². The Kier molecular flexibility index (Phi) is 11.9. The summed E-state index contributed by atoms with van der Waals surface area (Å²) in [6, 6.07) is 8.07. The summed E-state index contributed by atoms with van der Waals surface area (Å²) in [5.41, 5.74) is 6.59. The van der Waals surface area contributed by atoms with Gasteiger partial charge in [0.05, 0.1) is 6.61 Å². The maximum Gasteiger partial charge on any atom is 0.238 e. The van der Waals surface area contributed by atoms with Crippen molar-refractivity contribution in [1.82, 2.24) is 4.90 Å². The van der Waals surface area contributed by atoms with E-state index in [1.165, 1.54) is 0 Å². The normalized spacial score (nSPS) is 16.5. The van der Waals surface area contributed by atoms with Crippen LogP contribution < -0.4 is 15.4 Å². The first-order valence-electron chi connectivity index (χ1n) is 10.6. The molecule has 0 aromatic heterocycles. The van der Waals surface area contributed by atoms with Crippen molar-refractivity contribution in [3.05, 3.63) is 24.3 Å². The molecule has 1 aromatic carbocycles. The molecule has 166 valence electrons. The van der Waals surface area contributed by atoms with Gasteiger partial charge < -0.3 is 20.3 Å². The number of ether oxygens (including phenoxy) is 1. The lowest BCUT2D eigenvalue weighted by molar-refractivity contribution is -0.130. The Hall–Kier alpha value is -1.60. The number of carbonyl (C=O) groups is 1. The van der Waals surface area contributed by atoms with E-state index in [1.54, 1.807) is 6.92 Å². The number of rotatable bonds is 7. The van der Waals surface area contributed by atoms with Crippen LogP contribution in [0.3, 0.4) is 0 Å². The van der Waals surface area contributed by atoms with Crippen LogP contribution in [-0.2, 0) is 15.6 Å². The molecule has 1 aliphatic rings. The predicted molar refractivity (Wildman–Crippen MR) is 123 cm³/mol. The minimum Gasteiger partial charge on any atom is -0.494 e. The Bertz CT molecular complexity index is 619. The van der Waals surface area contributed by atoms with E-state index in [0.717, 1.165) is 36.9 Å². The molecule has 2 N–H and O–H groups in total. The van der Waals surface area contributed by atoms with Crippen molar-refractivity contribution in [1.29, 1.82) is 0 Å². The lowest BCUT2D eigenvalue weighted by atomic mass is 10.2. The van der Waals surface area contributed by atoms with E-state index >= 15 is 0 Å². The standard InChI is InChI=1S/C18H29N3O3S.C4H10/c1-3-24-17-7-5-16(6-8-17)20-10-4-11-21(13-12-20)18(22)15(2)25(23)14-9-19;1-4(2)3/h5-8,15H,3-4,9-14,19H2,1-2H3;4H,1-3H3. The maximum atomic E-state index is 12.6. The minimum absolute atomic E-state index is 0.0275. The fraction of sp³-hybridized carbons (Fsp3) is 0.682. The Morgan fingerprint density at radius 3 is 2.28 bits per heavy atom. The highest BCUT2D eigenvalue weighted by atomic mass is 32.2. The molecule has 0 spiro atoms. The Morgan fingerprint density at radius 2 is 1.72 bits per heavy atom. The molecule has 6 nitrogen and oxygen atoms in total. The zero-order chi connectivity index (χ0) is 21.8. The van der Waals surface area contributed by atoms with Gasteiger partial charge in [-0.05, 0) is 50.5 Å². The number of anilines is 1. The quantitative estimate of drug-likeness (QED) is 0.727. The van der Waals surface area contributed by atoms with E-state index in [2.05, 4.69) is 37.8 Å². The number of carbonyl (C=O) groups excluding carboxylic acids is 1. The fourth-order valence-electron chi connectivity index (χ4n) is 2.98. The van der Waals surface area contributed by atoms with Gasteiger partial charge in [-0.3, -0.25) is 9.00 Å². The van der Waals surface area contributed by atoms with E-state index in [9.17, 15) is 9.00 Å². The molecular formula is C22H39N3O3S. The van der Waals surface area contributed by atoms with Crippen molar-refractivity contribution >= 4 is 22.4 Å². The molecule has 2 rings (SSSR count). The predicted octanol–water partition coefficient (Wildman–Crippen LogP) is 2.88. The first-order valence-corrected chi connectivity index (χ1v) is 12.0. The Balaban J connectivity index is 0.000000960. The summed E-state index contributed by atoms with van der Waals surface area (Å²) in [5, 5.41) is -0.486. The highest BCUT2D eigenvalue weighted by Gasteiger charge is 2.26. The average Bonchev–Trinajstić information content (AvgIpc) is 2.94. The van der Waals surface area contributed by atoms with Crippen molar-refractivity contribution in [3.63, 3.8) is 0 Å². The molecule has 1 fully saturated rings. The molecule has 0 radical (unpaired) electrons. The minimum atomic E-state index is -1.20. The summed E-state index contributed by atoms with van der Waals surface area (Å²) in [5.74, 6) is 2.05. The van der Waals surface area contributed by atoms with Crippen LogP contribution in [0.4, 0.5) is 5.69 Å². The summed E-state index contributed by atoms with van der Waals surface area (Å²) in [6.45, 7) is 14.2. The van der Waals surface area contributed by atoms with Gasteiger partial charge in [0.25, 0.3) is 0 Å². The highest BCUT2D eigenvalue weighted by molar-refractivity contribution is 7.86. The molecule has 29 heavy (non-hydrogen) atoms. The van der Waals surface area contributed by atoms with Crippen LogP contribution in [0.15, 0.2) is 24.3 Å². The SMILES string of the molecule is CC(C)C.CCOc1ccc(N2CCCN(C(=O)C(C)S(=O)CCN)CC2)cc1. The first-order chi connectivity index (χ1) is 13.8. The van der Waals surface area contributed by atoms with E-state index in [1.807, 2.05) is 24.0 Å². The smallest absolute Gasteiger partial charge is 0.238 e. The van der Waals surface area contributed by atoms with Gasteiger partial charge in [0, 0.05) is 55.0 Å². The van der Waals surface area contributed by atoms with E-state index < -0.39 is 16.0 Å². The van der Waals surface area contributed by atoms with Crippen LogP contribution in [0.25, 0.3) is 0 Å². The summed E-state index contributed by atoms with van der Waals surface area (Å²) in [7, 11) is -1.20. The topological polar surface area (TPSA) is 75.9 Å². The second-order valence-corrected chi connectivity index (χ2v) is 9.72. The first kappa shape index (κ1) is 25.4. The molecule has 2 atom stereocenters. The molecule has 2 unspecified atom stereocenters. The molecule has 7 heteroatoms. The van der Waals surface area contributed by atoms with E-state index in [-0.39, 0.29) is 5.91 Å². The molecule has 0 aliphatic carbocycles. The number of amides is 1. The molecule has 1 aliphatic heterocycles. The van der Waals surface area contributed by atoms with Crippen molar-refractivity contribution in [2.75, 3.05) is 50.0 Å². The second kappa shape index (κ2) is 13.6. The van der Waals surface area contributed by atoms with Gasteiger partial charge in [0.15, 0.2) is 0 Å². The Labute approximate surface area is 179 Å². The highest BCUT2D eigenvalue weighted by Crippen LogP contribution is 2.21. The summed E-state index contributed by atoms with van der Waals surface area (Å²) in [6.07, 6.45) is 0.898. The van der Waals surface area contributed by atoms with Gasteiger partial charge in [-0.15, -0.1) is 0 Å². The van der Waals surface area contributed by atoms with Crippen molar-refractivity contribution in [2.45, 2.75) is 46.3 Å². The molecule has 1 saturated heterocycles. The number of nitrogens with zero attached hydrogens (tertiary/aromatic N) is 2. The van der Waals surface area contributed by atoms with Crippen LogP contribution in [0.2, 0.25) is 0 Å². The lowest BCUT2D eigenvalue weighted by Gasteiger charge is -2.25. The van der Waals surface area contributed by atoms with Gasteiger partial charge in [0.1, 0.15) is 11.0 Å². The Morgan fingerprint density at radius 1 is 1.10 bits per heavy atom. The van der Waals surface area contributed by atoms with Gasteiger partial charge in [0.2, 0.25) is 5.91 Å². The number of hydrogen-bond acceptors (Lipinski definition) is 5.